The minimum atomic E-state index is -0.0257. The zero-order valence-corrected chi connectivity index (χ0v) is 13.6. The number of rotatable bonds is 5. The molecule has 23 heavy (non-hydrogen) atoms. The number of H-pyrrole nitrogens is 1. The van der Waals surface area contributed by atoms with E-state index in [-0.39, 0.29) is 5.91 Å². The van der Waals surface area contributed by atoms with Crippen LogP contribution in [0.3, 0.4) is 0 Å². The molecule has 0 spiro atoms. The second-order valence-electron chi connectivity index (χ2n) is 5.65. The number of fused-ring (bicyclic) bond motifs is 1. The van der Waals surface area contributed by atoms with Crippen LogP contribution in [0, 0.1) is 0 Å². The van der Waals surface area contributed by atoms with Crippen molar-refractivity contribution in [3.63, 3.8) is 0 Å². The molecule has 0 aliphatic rings. The fourth-order valence-corrected chi connectivity index (χ4v) is 2.65. The van der Waals surface area contributed by atoms with E-state index in [2.05, 4.69) is 46.1 Å². The third kappa shape index (κ3) is 3.11. The molecule has 0 saturated carbocycles. The molecule has 4 heteroatoms. The molecule has 3 rings (SSSR count). The standard InChI is InChI=1S/C19H21N3O/c1-3-11-20-19(23)15-7-10-18-17(12-15)21-13-22(18)16-8-5-14(4-2)6-9-16/h5-10,12-13H,3-4,11H2,1-2H3,(H,20,23)/p+1. The number of hydrogen-bond donors (Lipinski definition) is 2. The van der Waals surface area contributed by atoms with E-state index >= 15 is 0 Å². The summed E-state index contributed by atoms with van der Waals surface area (Å²) in [6.45, 7) is 4.89. The molecule has 0 bridgehead atoms. The van der Waals surface area contributed by atoms with Crippen LogP contribution in [-0.4, -0.2) is 17.4 Å². The van der Waals surface area contributed by atoms with Gasteiger partial charge in [0.25, 0.3) is 5.91 Å². The molecule has 0 aliphatic carbocycles. The van der Waals surface area contributed by atoms with Crippen LogP contribution in [0.2, 0.25) is 0 Å². The summed E-state index contributed by atoms with van der Waals surface area (Å²) in [6.07, 6.45) is 3.90. The zero-order valence-electron chi connectivity index (χ0n) is 13.6. The highest BCUT2D eigenvalue weighted by Crippen LogP contribution is 2.14. The molecule has 4 nitrogen and oxygen atoms in total. The molecule has 118 valence electrons. The second kappa shape index (κ2) is 6.65. The molecule has 2 aromatic carbocycles. The normalized spacial score (nSPS) is 10.9. The number of benzene rings is 2. The van der Waals surface area contributed by atoms with Crippen LogP contribution >= 0.6 is 0 Å². The highest BCUT2D eigenvalue weighted by molar-refractivity contribution is 5.96. The lowest BCUT2D eigenvalue weighted by molar-refractivity contribution is -0.567. The van der Waals surface area contributed by atoms with Crippen molar-refractivity contribution in [3.05, 3.63) is 59.9 Å². The molecule has 1 amide bonds. The van der Waals surface area contributed by atoms with Gasteiger partial charge in [-0.05, 0) is 42.7 Å². The number of aromatic amines is 1. The van der Waals surface area contributed by atoms with Crippen molar-refractivity contribution in [1.82, 2.24) is 10.3 Å². The van der Waals surface area contributed by atoms with Gasteiger partial charge >= 0.3 is 0 Å². The monoisotopic (exact) mass is 308 g/mol. The summed E-state index contributed by atoms with van der Waals surface area (Å²) in [6, 6.07) is 14.3. The topological polar surface area (TPSA) is 48.8 Å². The highest BCUT2D eigenvalue weighted by atomic mass is 16.1. The van der Waals surface area contributed by atoms with Gasteiger partial charge in [-0.1, -0.05) is 26.0 Å². The Labute approximate surface area is 136 Å². The summed E-state index contributed by atoms with van der Waals surface area (Å²) in [5.41, 5.74) is 5.12. The maximum absolute atomic E-state index is 12.1. The Kier molecular flexibility index (Phi) is 4.42. The van der Waals surface area contributed by atoms with E-state index in [1.54, 1.807) is 0 Å². The summed E-state index contributed by atoms with van der Waals surface area (Å²) in [5.74, 6) is -0.0257. The van der Waals surface area contributed by atoms with Gasteiger partial charge in [0.15, 0.2) is 11.0 Å². The van der Waals surface area contributed by atoms with Gasteiger partial charge in [-0.2, -0.15) is 4.57 Å². The van der Waals surface area contributed by atoms with Gasteiger partial charge in [-0.15, -0.1) is 0 Å². The van der Waals surface area contributed by atoms with Crippen molar-refractivity contribution in [2.24, 2.45) is 0 Å². The van der Waals surface area contributed by atoms with Crippen molar-refractivity contribution in [2.45, 2.75) is 26.7 Å². The Morgan fingerprint density at radius 2 is 1.91 bits per heavy atom. The minimum absolute atomic E-state index is 0.0257. The summed E-state index contributed by atoms with van der Waals surface area (Å²) in [4.78, 5) is 15.3. The van der Waals surface area contributed by atoms with Crippen LogP contribution in [0.4, 0.5) is 0 Å². The van der Waals surface area contributed by atoms with Gasteiger partial charge in [-0.3, -0.25) is 4.79 Å². The largest absolute Gasteiger partial charge is 0.352 e. The van der Waals surface area contributed by atoms with Crippen LogP contribution in [0.5, 0.6) is 0 Å². The first kappa shape index (κ1) is 15.3. The molecule has 0 radical (unpaired) electrons. The van der Waals surface area contributed by atoms with Crippen LogP contribution in [0.1, 0.15) is 36.2 Å². The molecular weight excluding hydrogens is 286 g/mol. The third-order valence-electron chi connectivity index (χ3n) is 4.03. The number of imidazole rings is 1. The SMILES string of the molecule is CCCNC(=O)c1ccc2c(c1)[nH]c[n+]2-c1ccc(CC)cc1. The maximum atomic E-state index is 12.1. The van der Waals surface area contributed by atoms with E-state index < -0.39 is 0 Å². The smallest absolute Gasteiger partial charge is 0.251 e. The third-order valence-corrected chi connectivity index (χ3v) is 4.03. The van der Waals surface area contributed by atoms with E-state index in [1.165, 1.54) is 5.56 Å². The minimum Gasteiger partial charge on any atom is -0.352 e. The Hall–Kier alpha value is -2.62. The first-order chi connectivity index (χ1) is 11.2. The number of aryl methyl sites for hydroxylation is 1. The quantitative estimate of drug-likeness (QED) is 0.699. The lowest BCUT2D eigenvalue weighted by Crippen LogP contribution is -2.28. The number of aromatic nitrogens is 2. The van der Waals surface area contributed by atoms with Crippen molar-refractivity contribution < 1.29 is 9.36 Å². The average Bonchev–Trinajstić information content (AvgIpc) is 3.02. The van der Waals surface area contributed by atoms with Crippen LogP contribution in [0.15, 0.2) is 48.8 Å². The summed E-state index contributed by atoms with van der Waals surface area (Å²) >= 11 is 0. The van der Waals surface area contributed by atoms with Crippen LogP contribution < -0.4 is 9.88 Å². The fourth-order valence-electron chi connectivity index (χ4n) is 2.65. The lowest BCUT2D eigenvalue weighted by atomic mass is 10.1. The molecule has 0 aliphatic heterocycles. The molecular formula is C19H22N3O+. The molecule has 1 heterocycles. The number of hydrogen-bond acceptors (Lipinski definition) is 1. The Morgan fingerprint density at radius 3 is 2.61 bits per heavy atom. The van der Waals surface area contributed by atoms with Crippen molar-refractivity contribution in [3.8, 4) is 5.69 Å². The van der Waals surface area contributed by atoms with Gasteiger partial charge < -0.3 is 5.32 Å². The first-order valence-corrected chi connectivity index (χ1v) is 8.13. The first-order valence-electron chi connectivity index (χ1n) is 8.13. The predicted octanol–water partition coefficient (Wildman–Crippen LogP) is 3.15. The van der Waals surface area contributed by atoms with E-state index in [0.717, 1.165) is 29.6 Å². The van der Waals surface area contributed by atoms with Crippen molar-refractivity contribution in [1.29, 1.82) is 0 Å². The maximum Gasteiger partial charge on any atom is 0.251 e. The van der Waals surface area contributed by atoms with Gasteiger partial charge in [0.05, 0.1) is 0 Å². The molecule has 1 aromatic heterocycles. The van der Waals surface area contributed by atoms with Gasteiger partial charge in [0, 0.05) is 18.2 Å². The van der Waals surface area contributed by atoms with E-state index in [0.29, 0.717) is 12.1 Å². The summed E-state index contributed by atoms with van der Waals surface area (Å²) < 4.78 is 2.10. The molecule has 0 saturated heterocycles. The Bertz CT molecular complexity index is 818. The Morgan fingerprint density at radius 1 is 1.13 bits per heavy atom. The van der Waals surface area contributed by atoms with Crippen LogP contribution in [0.25, 0.3) is 16.7 Å². The van der Waals surface area contributed by atoms with Gasteiger partial charge in [0.2, 0.25) is 6.33 Å². The van der Waals surface area contributed by atoms with E-state index in [1.807, 2.05) is 31.5 Å². The molecule has 0 fully saturated rings. The van der Waals surface area contributed by atoms with Crippen molar-refractivity contribution in [2.75, 3.05) is 6.54 Å². The Balaban J connectivity index is 1.93. The molecule has 2 N–H and O–H groups in total. The molecule has 3 aromatic rings. The number of nitrogens with one attached hydrogen (secondary N) is 2. The number of carbonyl (C=O) groups excluding carboxylic acids is 1. The van der Waals surface area contributed by atoms with E-state index in [9.17, 15) is 4.79 Å². The number of amides is 1. The number of carbonyl (C=O) groups is 1. The summed E-state index contributed by atoms with van der Waals surface area (Å²) in [7, 11) is 0. The molecule has 0 atom stereocenters. The number of nitrogens with zero attached hydrogens (tertiary/aromatic N) is 1. The predicted molar refractivity (Wildman–Crippen MR) is 91.8 cm³/mol. The average molecular weight is 308 g/mol. The van der Waals surface area contributed by atoms with E-state index in [4.69, 9.17) is 0 Å². The highest BCUT2D eigenvalue weighted by Gasteiger charge is 2.14. The summed E-state index contributed by atoms with van der Waals surface area (Å²) in [5, 5.41) is 2.90. The lowest BCUT2D eigenvalue weighted by Gasteiger charge is -2.03. The van der Waals surface area contributed by atoms with Crippen LogP contribution in [-0.2, 0) is 6.42 Å². The molecule has 0 unspecified atom stereocenters. The van der Waals surface area contributed by atoms with Gasteiger partial charge in [0.1, 0.15) is 5.69 Å². The fraction of sp³-hybridized carbons (Fsp3) is 0.263. The van der Waals surface area contributed by atoms with Gasteiger partial charge in [-0.25, -0.2) is 4.98 Å². The van der Waals surface area contributed by atoms with Crippen molar-refractivity contribution >= 4 is 16.9 Å². The second-order valence-corrected chi connectivity index (χ2v) is 5.65. The zero-order chi connectivity index (χ0) is 16.2.